The van der Waals surface area contributed by atoms with Crippen molar-refractivity contribution in [2.75, 3.05) is 18.9 Å². The highest BCUT2D eigenvalue weighted by Crippen LogP contribution is 2.25. The predicted octanol–water partition coefficient (Wildman–Crippen LogP) is 0.642. The van der Waals surface area contributed by atoms with Gasteiger partial charge in [-0.25, -0.2) is 18.4 Å². The Hall–Kier alpha value is -2.19. The van der Waals surface area contributed by atoms with E-state index in [9.17, 15) is 8.42 Å². The Balaban J connectivity index is 1.94. The standard InChI is InChI=1S/C13H14N4O3S/c14-13-15-7-11(8-16-13)21(18,19)17-5-6-20-12-4-2-1-3-10(12)9-17/h1-4,7-8H,5-6,9H2,(H2,14,15,16). The van der Waals surface area contributed by atoms with E-state index in [2.05, 4.69) is 9.97 Å². The van der Waals surface area contributed by atoms with Gasteiger partial charge in [-0.3, -0.25) is 0 Å². The highest BCUT2D eigenvalue weighted by atomic mass is 32.2. The number of aromatic nitrogens is 2. The smallest absolute Gasteiger partial charge is 0.246 e. The fourth-order valence-corrected chi connectivity index (χ4v) is 3.41. The van der Waals surface area contributed by atoms with E-state index in [1.165, 1.54) is 16.7 Å². The van der Waals surface area contributed by atoms with E-state index in [1.807, 2.05) is 24.3 Å². The number of hydrogen-bond acceptors (Lipinski definition) is 6. The average Bonchev–Trinajstić information content (AvgIpc) is 2.70. The van der Waals surface area contributed by atoms with Crippen molar-refractivity contribution in [3.63, 3.8) is 0 Å². The molecule has 0 atom stereocenters. The van der Waals surface area contributed by atoms with Gasteiger partial charge in [-0.1, -0.05) is 18.2 Å². The molecule has 1 aliphatic rings. The van der Waals surface area contributed by atoms with Gasteiger partial charge in [0.05, 0.1) is 12.4 Å². The molecule has 1 aromatic carbocycles. The summed E-state index contributed by atoms with van der Waals surface area (Å²) in [5, 5.41) is 0. The summed E-state index contributed by atoms with van der Waals surface area (Å²) in [6, 6.07) is 7.39. The molecule has 8 heteroatoms. The van der Waals surface area contributed by atoms with Crippen LogP contribution in [0, 0.1) is 0 Å². The number of benzene rings is 1. The van der Waals surface area contributed by atoms with Gasteiger partial charge >= 0.3 is 0 Å². The van der Waals surface area contributed by atoms with E-state index in [4.69, 9.17) is 10.5 Å². The van der Waals surface area contributed by atoms with Crippen molar-refractivity contribution in [1.82, 2.24) is 14.3 Å². The third-order valence-corrected chi connectivity index (χ3v) is 5.00. The van der Waals surface area contributed by atoms with Crippen molar-refractivity contribution < 1.29 is 13.2 Å². The minimum Gasteiger partial charge on any atom is -0.492 e. The summed E-state index contributed by atoms with van der Waals surface area (Å²) in [6.07, 6.45) is 2.44. The lowest BCUT2D eigenvalue weighted by Crippen LogP contribution is -2.32. The lowest BCUT2D eigenvalue weighted by Gasteiger charge is -2.19. The minimum absolute atomic E-state index is 0.0241. The number of nitrogen functional groups attached to an aromatic ring is 1. The number of nitrogens with two attached hydrogens (primary N) is 1. The molecule has 0 bridgehead atoms. The zero-order chi connectivity index (χ0) is 14.9. The van der Waals surface area contributed by atoms with Gasteiger partial charge in [0.15, 0.2) is 0 Å². The Morgan fingerprint density at radius 3 is 2.67 bits per heavy atom. The normalized spacial score (nSPS) is 15.8. The molecular weight excluding hydrogens is 292 g/mol. The minimum atomic E-state index is -3.67. The van der Waals surface area contributed by atoms with Crippen LogP contribution in [0.2, 0.25) is 0 Å². The Bertz CT molecular complexity index is 746. The molecule has 2 aromatic rings. The number of hydrogen-bond donors (Lipinski definition) is 1. The summed E-state index contributed by atoms with van der Waals surface area (Å²) >= 11 is 0. The topological polar surface area (TPSA) is 98.4 Å². The zero-order valence-electron chi connectivity index (χ0n) is 11.1. The molecule has 0 unspecified atom stereocenters. The van der Waals surface area contributed by atoms with E-state index in [0.29, 0.717) is 12.4 Å². The molecule has 2 N–H and O–H groups in total. The third kappa shape index (κ3) is 2.67. The molecule has 0 fully saturated rings. The second-order valence-electron chi connectivity index (χ2n) is 4.57. The number of rotatable bonds is 2. The molecule has 0 saturated heterocycles. The lowest BCUT2D eigenvalue weighted by molar-refractivity contribution is 0.293. The van der Waals surface area contributed by atoms with Crippen molar-refractivity contribution in [2.45, 2.75) is 11.4 Å². The summed E-state index contributed by atoms with van der Waals surface area (Å²) in [6.45, 7) is 0.816. The second kappa shape index (κ2) is 5.30. The Kier molecular flexibility index (Phi) is 3.48. The van der Waals surface area contributed by atoms with Crippen LogP contribution in [-0.2, 0) is 16.6 Å². The monoisotopic (exact) mass is 306 g/mol. The fourth-order valence-electron chi connectivity index (χ4n) is 2.12. The molecule has 3 rings (SSSR count). The van der Waals surface area contributed by atoms with Gasteiger partial charge in [-0.05, 0) is 6.07 Å². The predicted molar refractivity (Wildman–Crippen MR) is 76.0 cm³/mol. The molecule has 2 heterocycles. The van der Waals surface area contributed by atoms with Gasteiger partial charge in [0.25, 0.3) is 0 Å². The van der Waals surface area contributed by atoms with Gasteiger partial charge in [-0.15, -0.1) is 0 Å². The van der Waals surface area contributed by atoms with Crippen LogP contribution < -0.4 is 10.5 Å². The second-order valence-corrected chi connectivity index (χ2v) is 6.51. The highest BCUT2D eigenvalue weighted by Gasteiger charge is 2.28. The van der Waals surface area contributed by atoms with Crippen molar-refractivity contribution in [3.8, 4) is 5.75 Å². The summed E-state index contributed by atoms with van der Waals surface area (Å²) < 4.78 is 32.1. The molecule has 0 amide bonds. The number of fused-ring (bicyclic) bond motifs is 1. The molecule has 0 radical (unpaired) electrons. The van der Waals surface area contributed by atoms with Crippen LogP contribution in [0.25, 0.3) is 0 Å². The van der Waals surface area contributed by atoms with Crippen LogP contribution in [0.1, 0.15) is 5.56 Å². The maximum Gasteiger partial charge on any atom is 0.246 e. The third-order valence-electron chi connectivity index (χ3n) is 3.20. The summed E-state index contributed by atoms with van der Waals surface area (Å²) in [5.74, 6) is 0.752. The van der Waals surface area contributed by atoms with Gasteiger partial charge in [-0.2, -0.15) is 4.31 Å². The molecule has 1 aromatic heterocycles. The first-order valence-corrected chi connectivity index (χ1v) is 7.80. The SMILES string of the molecule is Nc1ncc(S(=O)(=O)N2CCOc3ccccc3C2)cn1. The molecule has 1 aliphatic heterocycles. The van der Waals surface area contributed by atoms with Crippen LogP contribution >= 0.6 is 0 Å². The fraction of sp³-hybridized carbons (Fsp3) is 0.231. The van der Waals surface area contributed by atoms with Crippen molar-refractivity contribution in [2.24, 2.45) is 0 Å². The van der Waals surface area contributed by atoms with Crippen molar-refractivity contribution in [3.05, 3.63) is 42.2 Å². The molecule has 0 spiro atoms. The quantitative estimate of drug-likeness (QED) is 0.874. The number of ether oxygens (including phenoxy) is 1. The van der Waals surface area contributed by atoms with Gasteiger partial charge < -0.3 is 10.5 Å². The van der Waals surface area contributed by atoms with Crippen LogP contribution in [-0.4, -0.2) is 35.8 Å². The first kappa shape index (κ1) is 13.8. The summed E-state index contributed by atoms with van der Waals surface area (Å²) in [5.41, 5.74) is 6.21. The van der Waals surface area contributed by atoms with E-state index in [0.717, 1.165) is 5.56 Å². The van der Waals surface area contributed by atoms with Gasteiger partial charge in [0.2, 0.25) is 16.0 Å². The number of nitrogens with zero attached hydrogens (tertiary/aromatic N) is 3. The number of anilines is 1. The van der Waals surface area contributed by atoms with E-state index in [1.54, 1.807) is 0 Å². The van der Waals surface area contributed by atoms with Crippen LogP contribution in [0.4, 0.5) is 5.95 Å². The highest BCUT2D eigenvalue weighted by molar-refractivity contribution is 7.89. The van der Waals surface area contributed by atoms with Crippen LogP contribution in [0.3, 0.4) is 0 Å². The Labute approximate surface area is 122 Å². The summed E-state index contributed by atoms with van der Waals surface area (Å²) in [7, 11) is -3.67. The van der Waals surface area contributed by atoms with Crippen LogP contribution in [0.15, 0.2) is 41.6 Å². The van der Waals surface area contributed by atoms with E-state index in [-0.39, 0.29) is 23.9 Å². The van der Waals surface area contributed by atoms with Crippen LogP contribution in [0.5, 0.6) is 5.75 Å². The van der Waals surface area contributed by atoms with Gasteiger partial charge in [0, 0.05) is 18.7 Å². The largest absolute Gasteiger partial charge is 0.492 e. The molecule has 0 saturated carbocycles. The average molecular weight is 306 g/mol. The molecular formula is C13H14N4O3S. The van der Waals surface area contributed by atoms with Crippen molar-refractivity contribution in [1.29, 1.82) is 0 Å². The maximum atomic E-state index is 12.6. The van der Waals surface area contributed by atoms with Gasteiger partial charge in [0.1, 0.15) is 17.3 Å². The van der Waals surface area contributed by atoms with E-state index < -0.39 is 10.0 Å². The molecule has 110 valence electrons. The molecule has 0 aliphatic carbocycles. The molecule has 7 nitrogen and oxygen atoms in total. The first-order chi connectivity index (χ1) is 10.1. The Morgan fingerprint density at radius 2 is 1.90 bits per heavy atom. The lowest BCUT2D eigenvalue weighted by atomic mass is 10.2. The molecule has 21 heavy (non-hydrogen) atoms. The first-order valence-electron chi connectivity index (χ1n) is 6.36. The maximum absolute atomic E-state index is 12.6. The summed E-state index contributed by atoms with van der Waals surface area (Å²) in [4.78, 5) is 7.50. The van der Waals surface area contributed by atoms with E-state index >= 15 is 0 Å². The Morgan fingerprint density at radius 1 is 1.19 bits per heavy atom. The number of sulfonamides is 1. The zero-order valence-corrected chi connectivity index (χ0v) is 12.0. The number of para-hydroxylation sites is 1. The van der Waals surface area contributed by atoms with Crippen molar-refractivity contribution >= 4 is 16.0 Å².